The Kier molecular flexibility index (Phi) is 6.74. The van der Waals surface area contributed by atoms with Crippen molar-refractivity contribution in [2.75, 3.05) is 13.7 Å². The van der Waals surface area contributed by atoms with Crippen molar-refractivity contribution in [1.82, 2.24) is 19.6 Å². The standard InChI is InChI=1S/C22H22N4O4S/c1-4-13-24-31(28,29)19-11-7-17(8-12-19)22(27)25-20(21-23-14-15-26(21)2)16-5-9-18(30-3)10-6-16/h1,5-12,14-15,20,24H,13H2,2-3H3,(H,25,27). The van der Waals surface area contributed by atoms with Crippen molar-refractivity contribution < 1.29 is 17.9 Å². The predicted octanol–water partition coefficient (Wildman–Crippen LogP) is 1.86. The Balaban J connectivity index is 1.85. The number of terminal acetylenes is 1. The highest BCUT2D eigenvalue weighted by Crippen LogP contribution is 2.23. The minimum absolute atomic E-state index is 0.0232. The second kappa shape index (κ2) is 9.47. The quantitative estimate of drug-likeness (QED) is 0.523. The molecule has 3 aromatic rings. The number of imidazole rings is 1. The van der Waals surface area contributed by atoms with Gasteiger partial charge >= 0.3 is 0 Å². The van der Waals surface area contributed by atoms with Crippen molar-refractivity contribution in [2.24, 2.45) is 7.05 Å². The maximum absolute atomic E-state index is 12.9. The van der Waals surface area contributed by atoms with E-state index in [1.165, 1.54) is 24.3 Å². The number of aryl methyl sites for hydroxylation is 1. The number of ether oxygens (including phenoxy) is 1. The van der Waals surface area contributed by atoms with Crippen LogP contribution in [0.2, 0.25) is 0 Å². The molecule has 1 atom stereocenters. The lowest BCUT2D eigenvalue weighted by Gasteiger charge is -2.19. The number of nitrogens with zero attached hydrogens (tertiary/aromatic N) is 2. The van der Waals surface area contributed by atoms with Crippen molar-refractivity contribution in [3.63, 3.8) is 0 Å². The van der Waals surface area contributed by atoms with E-state index in [1.807, 2.05) is 23.7 Å². The third kappa shape index (κ3) is 5.12. The van der Waals surface area contributed by atoms with E-state index in [0.29, 0.717) is 17.1 Å². The van der Waals surface area contributed by atoms with Gasteiger partial charge in [0.1, 0.15) is 17.6 Å². The molecule has 2 N–H and O–H groups in total. The second-order valence-corrected chi connectivity index (χ2v) is 8.40. The van der Waals surface area contributed by atoms with Gasteiger partial charge in [-0.3, -0.25) is 4.79 Å². The van der Waals surface area contributed by atoms with Crippen LogP contribution in [0.3, 0.4) is 0 Å². The van der Waals surface area contributed by atoms with Gasteiger partial charge in [-0.2, -0.15) is 4.72 Å². The number of methoxy groups -OCH3 is 1. The first-order chi connectivity index (χ1) is 14.9. The Morgan fingerprint density at radius 1 is 1.19 bits per heavy atom. The molecule has 9 heteroatoms. The fourth-order valence-electron chi connectivity index (χ4n) is 2.97. The van der Waals surface area contributed by atoms with Gasteiger partial charge in [0.05, 0.1) is 18.6 Å². The van der Waals surface area contributed by atoms with Gasteiger partial charge in [0, 0.05) is 25.0 Å². The first-order valence-electron chi connectivity index (χ1n) is 9.31. The van der Waals surface area contributed by atoms with E-state index in [9.17, 15) is 13.2 Å². The van der Waals surface area contributed by atoms with Gasteiger partial charge in [0.25, 0.3) is 5.91 Å². The minimum atomic E-state index is -3.73. The Bertz CT molecular complexity index is 1190. The summed E-state index contributed by atoms with van der Waals surface area (Å²) >= 11 is 0. The number of hydrogen-bond acceptors (Lipinski definition) is 5. The van der Waals surface area contributed by atoms with Gasteiger partial charge in [0.15, 0.2) is 0 Å². The van der Waals surface area contributed by atoms with Crippen molar-refractivity contribution in [3.8, 4) is 18.1 Å². The molecule has 1 heterocycles. The summed E-state index contributed by atoms with van der Waals surface area (Å²) in [5.41, 5.74) is 1.13. The molecule has 0 spiro atoms. The Morgan fingerprint density at radius 3 is 2.42 bits per heavy atom. The fraction of sp³-hybridized carbons (Fsp3) is 0.182. The van der Waals surface area contributed by atoms with E-state index in [2.05, 4.69) is 20.9 Å². The van der Waals surface area contributed by atoms with Crippen LogP contribution in [0.1, 0.15) is 27.8 Å². The van der Waals surface area contributed by atoms with Crippen LogP contribution in [0.15, 0.2) is 65.8 Å². The lowest BCUT2D eigenvalue weighted by Crippen LogP contribution is -2.31. The van der Waals surface area contributed by atoms with Gasteiger partial charge in [-0.05, 0) is 42.0 Å². The molecule has 0 fully saturated rings. The molecule has 160 valence electrons. The molecular formula is C22H22N4O4S. The number of hydrogen-bond donors (Lipinski definition) is 2. The Labute approximate surface area is 181 Å². The molecule has 1 amide bonds. The summed E-state index contributed by atoms with van der Waals surface area (Å²) in [5, 5.41) is 2.97. The molecule has 0 aliphatic carbocycles. The van der Waals surface area contributed by atoms with Gasteiger partial charge < -0.3 is 14.6 Å². The van der Waals surface area contributed by atoms with Crippen LogP contribution in [0.5, 0.6) is 5.75 Å². The average Bonchev–Trinajstić information content (AvgIpc) is 3.21. The molecule has 0 saturated carbocycles. The maximum atomic E-state index is 12.9. The number of amides is 1. The lowest BCUT2D eigenvalue weighted by molar-refractivity contribution is 0.0941. The largest absolute Gasteiger partial charge is 0.497 e. The SMILES string of the molecule is C#CCNS(=O)(=O)c1ccc(C(=O)NC(c2ccc(OC)cc2)c2nccn2C)cc1. The van der Waals surface area contributed by atoms with E-state index in [4.69, 9.17) is 11.2 Å². The number of carbonyl (C=O) groups excluding carboxylic acids is 1. The molecule has 0 aliphatic rings. The fourth-order valence-corrected chi connectivity index (χ4v) is 3.90. The van der Waals surface area contributed by atoms with Crippen LogP contribution in [-0.2, 0) is 17.1 Å². The van der Waals surface area contributed by atoms with E-state index >= 15 is 0 Å². The van der Waals surface area contributed by atoms with E-state index in [-0.39, 0.29) is 17.3 Å². The van der Waals surface area contributed by atoms with Gasteiger partial charge in [-0.25, -0.2) is 13.4 Å². The molecule has 0 bridgehead atoms. The number of benzene rings is 2. The average molecular weight is 439 g/mol. The summed E-state index contributed by atoms with van der Waals surface area (Å²) in [7, 11) is -0.305. The molecule has 0 radical (unpaired) electrons. The zero-order valence-electron chi connectivity index (χ0n) is 17.1. The van der Waals surface area contributed by atoms with Crippen LogP contribution < -0.4 is 14.8 Å². The maximum Gasteiger partial charge on any atom is 0.252 e. The van der Waals surface area contributed by atoms with E-state index in [0.717, 1.165) is 5.56 Å². The Morgan fingerprint density at radius 2 is 1.87 bits per heavy atom. The molecular weight excluding hydrogens is 416 g/mol. The van der Waals surface area contributed by atoms with Crippen LogP contribution in [-0.4, -0.2) is 37.5 Å². The number of carbonyl (C=O) groups is 1. The first-order valence-corrected chi connectivity index (χ1v) is 10.8. The molecule has 0 saturated heterocycles. The molecule has 8 nitrogen and oxygen atoms in total. The summed E-state index contributed by atoms with van der Waals surface area (Å²) in [6.45, 7) is -0.113. The number of sulfonamides is 1. The zero-order valence-corrected chi connectivity index (χ0v) is 17.9. The van der Waals surface area contributed by atoms with Gasteiger partial charge in [-0.15, -0.1) is 6.42 Å². The Hall–Kier alpha value is -3.61. The van der Waals surface area contributed by atoms with Gasteiger partial charge in [0.2, 0.25) is 10.0 Å². The van der Waals surface area contributed by atoms with E-state index in [1.54, 1.807) is 31.6 Å². The number of rotatable bonds is 8. The predicted molar refractivity (Wildman–Crippen MR) is 116 cm³/mol. The topological polar surface area (TPSA) is 102 Å². The molecule has 0 aliphatic heterocycles. The number of aromatic nitrogens is 2. The highest BCUT2D eigenvalue weighted by molar-refractivity contribution is 7.89. The van der Waals surface area contributed by atoms with Crippen LogP contribution >= 0.6 is 0 Å². The summed E-state index contributed by atoms with van der Waals surface area (Å²) in [6, 6.07) is 12.4. The monoisotopic (exact) mass is 438 g/mol. The van der Waals surface area contributed by atoms with Crippen LogP contribution in [0.25, 0.3) is 0 Å². The third-order valence-corrected chi connectivity index (χ3v) is 6.05. The summed E-state index contributed by atoms with van der Waals surface area (Å²) in [4.78, 5) is 17.3. The minimum Gasteiger partial charge on any atom is -0.497 e. The summed E-state index contributed by atoms with van der Waals surface area (Å²) in [6.07, 6.45) is 8.54. The van der Waals surface area contributed by atoms with Crippen molar-refractivity contribution in [3.05, 3.63) is 77.9 Å². The summed E-state index contributed by atoms with van der Waals surface area (Å²) in [5.74, 6) is 3.19. The molecule has 1 aromatic heterocycles. The highest BCUT2D eigenvalue weighted by Gasteiger charge is 2.22. The first kappa shape index (κ1) is 22.1. The van der Waals surface area contributed by atoms with Crippen LogP contribution in [0.4, 0.5) is 0 Å². The van der Waals surface area contributed by atoms with E-state index < -0.39 is 16.1 Å². The smallest absolute Gasteiger partial charge is 0.252 e. The highest BCUT2D eigenvalue weighted by atomic mass is 32.2. The van der Waals surface area contributed by atoms with Crippen molar-refractivity contribution in [2.45, 2.75) is 10.9 Å². The zero-order chi connectivity index (χ0) is 22.4. The number of nitrogens with one attached hydrogen (secondary N) is 2. The van der Waals surface area contributed by atoms with Crippen molar-refractivity contribution >= 4 is 15.9 Å². The lowest BCUT2D eigenvalue weighted by atomic mass is 10.0. The van der Waals surface area contributed by atoms with Crippen LogP contribution in [0, 0.1) is 12.3 Å². The summed E-state index contributed by atoms with van der Waals surface area (Å²) < 4.78 is 33.6. The molecule has 3 rings (SSSR count). The normalized spacial score (nSPS) is 12.0. The third-order valence-electron chi connectivity index (χ3n) is 4.63. The second-order valence-electron chi connectivity index (χ2n) is 6.63. The molecule has 31 heavy (non-hydrogen) atoms. The van der Waals surface area contributed by atoms with Gasteiger partial charge in [-0.1, -0.05) is 18.1 Å². The van der Waals surface area contributed by atoms with Crippen molar-refractivity contribution in [1.29, 1.82) is 0 Å². The molecule has 1 unspecified atom stereocenters. The molecule has 2 aromatic carbocycles.